The summed E-state index contributed by atoms with van der Waals surface area (Å²) in [4.78, 5) is 0. The monoisotopic (exact) mass is 254 g/mol. The Morgan fingerprint density at radius 3 is 2.47 bits per heavy atom. The summed E-state index contributed by atoms with van der Waals surface area (Å²) in [5.74, 6) is 0. The van der Waals surface area contributed by atoms with Gasteiger partial charge in [0.15, 0.2) is 0 Å². The average Bonchev–Trinajstić information content (AvgIpc) is 2.35. The molecule has 0 aliphatic heterocycles. The van der Waals surface area contributed by atoms with Crippen LogP contribution in [0.2, 0.25) is 0 Å². The lowest BCUT2D eigenvalue weighted by Gasteiger charge is -2.28. The molecule has 1 saturated carbocycles. The molecule has 1 fully saturated rings. The van der Waals surface area contributed by atoms with Gasteiger partial charge < -0.3 is 5.32 Å². The molecule has 0 aromatic carbocycles. The molecule has 0 saturated heterocycles. The van der Waals surface area contributed by atoms with E-state index in [4.69, 9.17) is 5.26 Å². The van der Waals surface area contributed by atoms with E-state index in [0.29, 0.717) is 0 Å². The average molecular weight is 254 g/mol. The summed E-state index contributed by atoms with van der Waals surface area (Å²) in [5.41, 5.74) is -0.155. The topological polar surface area (TPSA) is 35.8 Å². The molecule has 17 heavy (non-hydrogen) atoms. The Morgan fingerprint density at radius 2 is 1.94 bits per heavy atom. The van der Waals surface area contributed by atoms with Gasteiger partial charge in [-0.3, -0.25) is 0 Å². The van der Waals surface area contributed by atoms with Gasteiger partial charge in [-0.25, -0.2) is 0 Å². The third kappa shape index (κ3) is 5.79. The van der Waals surface area contributed by atoms with Crippen LogP contribution in [0.4, 0.5) is 0 Å². The lowest BCUT2D eigenvalue weighted by atomic mass is 9.89. The summed E-state index contributed by atoms with van der Waals surface area (Å²) in [6.45, 7) is 5.12. The molecule has 1 rings (SSSR count). The molecule has 1 aliphatic rings. The highest BCUT2D eigenvalue weighted by molar-refractivity contribution is 7.99. The largest absolute Gasteiger partial charge is 0.314 e. The number of thioether (sulfide) groups is 1. The predicted molar refractivity (Wildman–Crippen MR) is 76.2 cm³/mol. The van der Waals surface area contributed by atoms with E-state index < -0.39 is 0 Å². The Morgan fingerprint density at radius 1 is 1.29 bits per heavy atom. The highest BCUT2D eigenvalue weighted by Gasteiger charge is 2.20. The predicted octanol–water partition coefficient (Wildman–Crippen LogP) is 3.58. The Hall–Kier alpha value is -0.200. The van der Waals surface area contributed by atoms with Crippen molar-refractivity contribution in [3.8, 4) is 6.07 Å². The molecule has 0 atom stereocenters. The first kappa shape index (κ1) is 14.9. The van der Waals surface area contributed by atoms with E-state index in [0.717, 1.165) is 30.7 Å². The van der Waals surface area contributed by atoms with Gasteiger partial charge in [0.1, 0.15) is 0 Å². The lowest BCUT2D eigenvalue weighted by Crippen LogP contribution is -2.34. The fraction of sp³-hybridized carbons (Fsp3) is 0.929. The van der Waals surface area contributed by atoms with Crippen molar-refractivity contribution in [1.29, 1.82) is 5.26 Å². The van der Waals surface area contributed by atoms with Gasteiger partial charge in [0, 0.05) is 11.3 Å². The molecule has 0 unspecified atom stereocenters. The van der Waals surface area contributed by atoms with Crippen LogP contribution in [0, 0.1) is 16.7 Å². The van der Waals surface area contributed by atoms with Crippen molar-refractivity contribution < 1.29 is 0 Å². The fourth-order valence-electron chi connectivity index (χ4n) is 2.40. The zero-order chi connectivity index (χ0) is 12.7. The molecular weight excluding hydrogens is 228 g/mol. The maximum absolute atomic E-state index is 8.93. The normalized spacial score (nSPS) is 25.5. The number of nitrogens with one attached hydrogen (secondary N) is 1. The van der Waals surface area contributed by atoms with Crippen LogP contribution in [0.25, 0.3) is 0 Å². The fourth-order valence-corrected chi connectivity index (χ4v) is 3.14. The summed E-state index contributed by atoms with van der Waals surface area (Å²) in [7, 11) is 0. The van der Waals surface area contributed by atoms with Crippen LogP contribution in [0.1, 0.15) is 52.4 Å². The van der Waals surface area contributed by atoms with Crippen LogP contribution in [-0.4, -0.2) is 24.1 Å². The quantitative estimate of drug-likeness (QED) is 0.736. The summed E-state index contributed by atoms with van der Waals surface area (Å²) >= 11 is 2.02. The molecule has 3 heteroatoms. The van der Waals surface area contributed by atoms with Crippen LogP contribution < -0.4 is 5.32 Å². The molecule has 98 valence electrons. The zero-order valence-corrected chi connectivity index (χ0v) is 12.3. The summed E-state index contributed by atoms with van der Waals surface area (Å²) in [6.07, 6.45) is 9.72. The highest BCUT2D eigenvalue weighted by Crippen LogP contribution is 2.27. The molecule has 1 aliphatic carbocycles. The van der Waals surface area contributed by atoms with Crippen molar-refractivity contribution in [3.63, 3.8) is 0 Å². The van der Waals surface area contributed by atoms with Gasteiger partial charge in [0.05, 0.1) is 11.5 Å². The zero-order valence-electron chi connectivity index (χ0n) is 11.5. The maximum Gasteiger partial charge on any atom is 0.0683 e. The van der Waals surface area contributed by atoms with Gasteiger partial charge in [-0.05, 0) is 65.2 Å². The maximum atomic E-state index is 8.93. The molecule has 0 radical (unpaired) electrons. The van der Waals surface area contributed by atoms with Crippen molar-refractivity contribution in [2.45, 2.75) is 63.7 Å². The molecule has 0 amide bonds. The van der Waals surface area contributed by atoms with E-state index in [9.17, 15) is 0 Å². The van der Waals surface area contributed by atoms with Crippen LogP contribution in [0.3, 0.4) is 0 Å². The smallest absolute Gasteiger partial charge is 0.0683 e. The number of nitrogens with zero attached hydrogens (tertiary/aromatic N) is 1. The number of nitriles is 1. The van der Waals surface area contributed by atoms with E-state index in [-0.39, 0.29) is 5.41 Å². The van der Waals surface area contributed by atoms with Crippen molar-refractivity contribution in [2.75, 3.05) is 12.8 Å². The summed E-state index contributed by atoms with van der Waals surface area (Å²) in [5, 5.41) is 13.5. The van der Waals surface area contributed by atoms with Crippen molar-refractivity contribution >= 4 is 11.8 Å². The van der Waals surface area contributed by atoms with Gasteiger partial charge in [-0.2, -0.15) is 17.0 Å². The Balaban J connectivity index is 2.07. The summed E-state index contributed by atoms with van der Waals surface area (Å²) in [6, 6.07) is 3.09. The SMILES string of the molecule is CSC1CCC(NCCCC(C)(C)C#N)CC1. The Labute approximate surface area is 111 Å². The van der Waals surface area contributed by atoms with E-state index in [2.05, 4.69) is 17.6 Å². The second-order valence-corrected chi connectivity index (χ2v) is 6.90. The van der Waals surface area contributed by atoms with E-state index >= 15 is 0 Å². The lowest BCUT2D eigenvalue weighted by molar-refractivity contribution is 0.360. The number of hydrogen-bond acceptors (Lipinski definition) is 3. The van der Waals surface area contributed by atoms with E-state index in [1.807, 2.05) is 25.6 Å². The molecular formula is C14H26N2S. The van der Waals surface area contributed by atoms with Crippen LogP contribution in [-0.2, 0) is 0 Å². The molecule has 0 spiro atoms. The minimum atomic E-state index is -0.155. The van der Waals surface area contributed by atoms with Crippen LogP contribution in [0.15, 0.2) is 0 Å². The van der Waals surface area contributed by atoms with Gasteiger partial charge in [0.2, 0.25) is 0 Å². The van der Waals surface area contributed by atoms with Crippen molar-refractivity contribution in [1.82, 2.24) is 5.32 Å². The molecule has 0 bridgehead atoms. The third-order valence-electron chi connectivity index (χ3n) is 3.72. The molecule has 0 aromatic rings. The van der Waals surface area contributed by atoms with Crippen LogP contribution >= 0.6 is 11.8 Å². The molecule has 0 heterocycles. The van der Waals surface area contributed by atoms with Crippen molar-refractivity contribution in [3.05, 3.63) is 0 Å². The van der Waals surface area contributed by atoms with Crippen molar-refractivity contribution in [2.24, 2.45) is 5.41 Å². The Kier molecular flexibility index (Phi) is 6.37. The summed E-state index contributed by atoms with van der Waals surface area (Å²) < 4.78 is 0. The first-order valence-corrected chi connectivity index (χ1v) is 8.03. The molecule has 0 aromatic heterocycles. The third-order valence-corrected chi connectivity index (χ3v) is 4.86. The Bertz CT molecular complexity index is 249. The minimum absolute atomic E-state index is 0.155. The van der Waals surface area contributed by atoms with Gasteiger partial charge >= 0.3 is 0 Å². The highest BCUT2D eigenvalue weighted by atomic mass is 32.2. The standard InChI is InChI=1S/C14H26N2S/c1-14(2,11-15)9-4-10-16-12-5-7-13(17-3)8-6-12/h12-13,16H,4-10H2,1-3H3. The first-order chi connectivity index (χ1) is 8.07. The van der Waals surface area contributed by atoms with Gasteiger partial charge in [0.25, 0.3) is 0 Å². The number of rotatable bonds is 6. The second-order valence-electron chi connectivity index (χ2n) is 5.76. The van der Waals surface area contributed by atoms with Gasteiger partial charge in [-0.1, -0.05) is 0 Å². The number of hydrogen-bond donors (Lipinski definition) is 1. The van der Waals surface area contributed by atoms with Crippen LogP contribution in [0.5, 0.6) is 0 Å². The second kappa shape index (κ2) is 7.28. The van der Waals surface area contributed by atoms with E-state index in [1.165, 1.54) is 25.7 Å². The minimum Gasteiger partial charge on any atom is -0.314 e. The first-order valence-electron chi connectivity index (χ1n) is 6.75. The van der Waals surface area contributed by atoms with E-state index in [1.54, 1.807) is 0 Å². The molecule has 1 N–H and O–H groups in total. The van der Waals surface area contributed by atoms with Gasteiger partial charge in [-0.15, -0.1) is 0 Å². The molecule has 2 nitrogen and oxygen atoms in total.